The Morgan fingerprint density at radius 1 is 1.23 bits per heavy atom. The number of nitrogens with zero attached hydrogens (tertiary/aromatic N) is 1. The molecule has 110 valence electrons. The van der Waals surface area contributed by atoms with Crippen molar-refractivity contribution in [3.63, 3.8) is 0 Å². The van der Waals surface area contributed by atoms with Gasteiger partial charge < -0.3 is 10.5 Å². The van der Waals surface area contributed by atoms with Gasteiger partial charge in [-0.25, -0.2) is 0 Å². The molecule has 22 heavy (non-hydrogen) atoms. The molecule has 0 radical (unpaired) electrons. The minimum absolute atomic E-state index is 0.0816. The van der Waals surface area contributed by atoms with E-state index >= 15 is 0 Å². The molecule has 1 amide bonds. The third-order valence-electron chi connectivity index (χ3n) is 2.93. The second-order valence-corrected chi connectivity index (χ2v) is 5.34. The van der Waals surface area contributed by atoms with Crippen LogP contribution in [0.2, 0.25) is 0 Å². The summed E-state index contributed by atoms with van der Waals surface area (Å²) >= 11 is 3.47. The Labute approximate surface area is 136 Å². The molecular formula is C17H13BrN2O2. The molecule has 0 aliphatic carbocycles. The maximum absolute atomic E-state index is 11.0. The molecule has 0 fully saturated rings. The average molecular weight is 357 g/mol. The van der Waals surface area contributed by atoms with Crippen LogP contribution < -0.4 is 10.5 Å². The molecule has 0 spiro atoms. The number of carbonyl (C=O) groups excluding carboxylic acids is 1. The molecule has 0 aromatic heterocycles. The van der Waals surface area contributed by atoms with Crippen LogP contribution in [-0.4, -0.2) is 5.91 Å². The maximum atomic E-state index is 11.0. The van der Waals surface area contributed by atoms with Gasteiger partial charge in [0.2, 0.25) is 0 Å². The highest BCUT2D eigenvalue weighted by Crippen LogP contribution is 2.20. The number of nitrogens with two attached hydrogens (primary N) is 1. The van der Waals surface area contributed by atoms with Gasteiger partial charge in [0.1, 0.15) is 24.0 Å². The number of amides is 1. The van der Waals surface area contributed by atoms with E-state index in [0.717, 1.165) is 10.0 Å². The second kappa shape index (κ2) is 7.43. The fourth-order valence-corrected chi connectivity index (χ4v) is 2.16. The van der Waals surface area contributed by atoms with Gasteiger partial charge in [-0.05, 0) is 29.8 Å². The van der Waals surface area contributed by atoms with E-state index in [1.807, 2.05) is 24.3 Å². The smallest absolute Gasteiger partial charge is 0.259 e. The summed E-state index contributed by atoms with van der Waals surface area (Å²) in [5.74, 6) is -0.0396. The van der Waals surface area contributed by atoms with E-state index in [2.05, 4.69) is 15.9 Å². The van der Waals surface area contributed by atoms with Crippen LogP contribution in [0.3, 0.4) is 0 Å². The summed E-state index contributed by atoms with van der Waals surface area (Å²) in [6, 6.07) is 16.7. The van der Waals surface area contributed by atoms with E-state index in [0.29, 0.717) is 17.9 Å². The fraction of sp³-hybridized carbons (Fsp3) is 0.0588. The van der Waals surface area contributed by atoms with Gasteiger partial charge in [0.05, 0.1) is 0 Å². The van der Waals surface area contributed by atoms with Crippen LogP contribution in [0.5, 0.6) is 5.75 Å². The summed E-state index contributed by atoms with van der Waals surface area (Å²) < 4.78 is 6.69. The average Bonchev–Trinajstić information content (AvgIpc) is 2.52. The van der Waals surface area contributed by atoms with Crippen molar-refractivity contribution < 1.29 is 9.53 Å². The first-order valence-corrected chi connectivity index (χ1v) is 7.27. The van der Waals surface area contributed by atoms with Crippen LogP contribution in [0.4, 0.5) is 0 Å². The molecule has 2 aromatic carbocycles. The van der Waals surface area contributed by atoms with Crippen molar-refractivity contribution in [1.82, 2.24) is 0 Å². The van der Waals surface area contributed by atoms with Crippen molar-refractivity contribution >= 4 is 27.9 Å². The molecular weight excluding hydrogens is 344 g/mol. The Morgan fingerprint density at radius 3 is 2.50 bits per heavy atom. The number of ether oxygens (including phenoxy) is 1. The lowest BCUT2D eigenvalue weighted by molar-refractivity contribution is -0.114. The highest BCUT2D eigenvalue weighted by Gasteiger charge is 2.04. The summed E-state index contributed by atoms with van der Waals surface area (Å²) in [5, 5.41) is 8.80. The van der Waals surface area contributed by atoms with Crippen molar-refractivity contribution in [1.29, 1.82) is 5.26 Å². The summed E-state index contributed by atoms with van der Waals surface area (Å²) in [4.78, 5) is 11.0. The summed E-state index contributed by atoms with van der Waals surface area (Å²) in [6.07, 6.45) is 1.44. The van der Waals surface area contributed by atoms with Gasteiger partial charge in [-0.15, -0.1) is 0 Å². The standard InChI is InChI=1S/C17H13BrN2O2/c18-16-4-2-1-3-13(16)11-22-15-7-5-12(6-8-15)9-14(10-19)17(20)21/h1-9H,11H2,(H2,20,21)/b14-9+. The molecule has 0 unspecified atom stereocenters. The summed E-state index contributed by atoms with van der Waals surface area (Å²) in [7, 11) is 0. The molecule has 0 aliphatic rings. The van der Waals surface area contributed by atoms with Gasteiger partial charge in [-0.3, -0.25) is 4.79 Å². The van der Waals surface area contributed by atoms with Gasteiger partial charge in [0.15, 0.2) is 0 Å². The number of rotatable bonds is 5. The van der Waals surface area contributed by atoms with Crippen molar-refractivity contribution in [3.8, 4) is 11.8 Å². The van der Waals surface area contributed by atoms with Gasteiger partial charge in [-0.2, -0.15) is 5.26 Å². The maximum Gasteiger partial charge on any atom is 0.259 e. The molecule has 2 rings (SSSR count). The Bertz CT molecular complexity index is 746. The Balaban J connectivity index is 2.05. The molecule has 4 nitrogen and oxygen atoms in total. The molecule has 0 saturated carbocycles. The Morgan fingerprint density at radius 2 is 1.91 bits per heavy atom. The topological polar surface area (TPSA) is 76.1 Å². The zero-order valence-electron chi connectivity index (χ0n) is 11.6. The van der Waals surface area contributed by atoms with Crippen molar-refractivity contribution in [2.75, 3.05) is 0 Å². The van der Waals surface area contributed by atoms with Crippen molar-refractivity contribution in [2.24, 2.45) is 5.73 Å². The third kappa shape index (κ3) is 4.21. The van der Waals surface area contributed by atoms with E-state index in [1.54, 1.807) is 30.3 Å². The number of hydrogen-bond donors (Lipinski definition) is 1. The monoisotopic (exact) mass is 356 g/mol. The second-order valence-electron chi connectivity index (χ2n) is 4.48. The summed E-state index contributed by atoms with van der Waals surface area (Å²) in [6.45, 7) is 0.446. The van der Waals surface area contributed by atoms with Gasteiger partial charge in [-0.1, -0.05) is 46.3 Å². The van der Waals surface area contributed by atoms with Gasteiger partial charge >= 0.3 is 0 Å². The highest BCUT2D eigenvalue weighted by atomic mass is 79.9. The molecule has 2 aromatic rings. The Hall–Kier alpha value is -2.58. The van der Waals surface area contributed by atoms with E-state index in [1.165, 1.54) is 6.08 Å². The first-order valence-electron chi connectivity index (χ1n) is 6.48. The predicted octanol–water partition coefficient (Wildman–Crippen LogP) is 3.42. The van der Waals surface area contributed by atoms with Crippen molar-refractivity contribution in [2.45, 2.75) is 6.61 Å². The molecule has 0 aliphatic heterocycles. The van der Waals surface area contributed by atoms with Crippen LogP contribution >= 0.6 is 15.9 Å². The fourth-order valence-electron chi connectivity index (χ4n) is 1.76. The summed E-state index contributed by atoms with van der Waals surface area (Å²) in [5.41, 5.74) is 6.77. The third-order valence-corrected chi connectivity index (χ3v) is 3.70. The number of benzene rings is 2. The number of nitriles is 1. The molecule has 0 bridgehead atoms. The van der Waals surface area contributed by atoms with E-state index in [-0.39, 0.29) is 5.57 Å². The zero-order valence-corrected chi connectivity index (χ0v) is 13.2. The lowest BCUT2D eigenvalue weighted by Crippen LogP contribution is -2.12. The van der Waals surface area contributed by atoms with Crippen LogP contribution in [-0.2, 0) is 11.4 Å². The normalized spacial score (nSPS) is 10.8. The van der Waals surface area contributed by atoms with Crippen LogP contribution in [0, 0.1) is 11.3 Å². The number of hydrogen-bond acceptors (Lipinski definition) is 3. The van der Waals surface area contributed by atoms with E-state index in [4.69, 9.17) is 15.7 Å². The number of carbonyl (C=O) groups is 1. The predicted molar refractivity (Wildman–Crippen MR) is 87.7 cm³/mol. The molecule has 0 saturated heterocycles. The van der Waals surface area contributed by atoms with Crippen LogP contribution in [0.25, 0.3) is 6.08 Å². The minimum Gasteiger partial charge on any atom is -0.489 e. The van der Waals surface area contributed by atoms with Crippen LogP contribution in [0.15, 0.2) is 58.6 Å². The number of primary amides is 1. The highest BCUT2D eigenvalue weighted by molar-refractivity contribution is 9.10. The zero-order chi connectivity index (χ0) is 15.9. The van der Waals surface area contributed by atoms with Gasteiger partial charge in [0, 0.05) is 10.0 Å². The first kappa shape index (κ1) is 15.8. The lowest BCUT2D eigenvalue weighted by atomic mass is 10.1. The lowest BCUT2D eigenvalue weighted by Gasteiger charge is -2.08. The van der Waals surface area contributed by atoms with E-state index in [9.17, 15) is 4.79 Å². The molecule has 0 heterocycles. The van der Waals surface area contributed by atoms with E-state index < -0.39 is 5.91 Å². The quantitative estimate of drug-likeness (QED) is 0.658. The SMILES string of the molecule is N#C/C(=C\c1ccc(OCc2ccccc2Br)cc1)C(N)=O. The molecule has 5 heteroatoms. The largest absolute Gasteiger partial charge is 0.489 e. The number of halogens is 1. The van der Waals surface area contributed by atoms with Gasteiger partial charge in [0.25, 0.3) is 5.91 Å². The van der Waals surface area contributed by atoms with Crippen LogP contribution in [0.1, 0.15) is 11.1 Å². The Kier molecular flexibility index (Phi) is 5.34. The van der Waals surface area contributed by atoms with Crippen molar-refractivity contribution in [3.05, 3.63) is 69.7 Å². The molecule has 2 N–H and O–H groups in total. The minimum atomic E-state index is -0.739. The molecule has 0 atom stereocenters. The first-order chi connectivity index (χ1) is 10.6.